The molecule has 0 spiro atoms. The van der Waals surface area contributed by atoms with Gasteiger partial charge in [0.25, 0.3) is 5.91 Å². The van der Waals surface area contributed by atoms with E-state index in [0.29, 0.717) is 25.0 Å². The van der Waals surface area contributed by atoms with E-state index < -0.39 is 0 Å². The Morgan fingerprint density at radius 3 is 3.06 bits per heavy atom. The highest BCUT2D eigenvalue weighted by Gasteiger charge is 2.12. The molecule has 18 heavy (non-hydrogen) atoms. The quantitative estimate of drug-likeness (QED) is 0.746. The van der Waals surface area contributed by atoms with Gasteiger partial charge >= 0.3 is 0 Å². The molecule has 1 aliphatic rings. The van der Waals surface area contributed by atoms with E-state index in [1.54, 1.807) is 12.1 Å². The van der Waals surface area contributed by atoms with Crippen molar-refractivity contribution in [1.82, 2.24) is 10.6 Å². The summed E-state index contributed by atoms with van der Waals surface area (Å²) in [6, 6.07) is 3.36. The summed E-state index contributed by atoms with van der Waals surface area (Å²) in [6.07, 6.45) is 4.87. The van der Waals surface area contributed by atoms with Crippen LogP contribution in [-0.4, -0.2) is 38.3 Å². The zero-order valence-electron chi connectivity index (χ0n) is 10.5. The number of hydrogen-bond acceptors (Lipinski definition) is 4. The lowest BCUT2D eigenvalue weighted by Gasteiger charge is -2.22. The number of carbonyl (C=O) groups is 1. The van der Waals surface area contributed by atoms with Gasteiger partial charge in [-0.05, 0) is 44.5 Å². The third kappa shape index (κ3) is 4.16. The predicted molar refractivity (Wildman–Crippen MR) is 67.5 cm³/mol. The van der Waals surface area contributed by atoms with E-state index in [1.165, 1.54) is 6.26 Å². The van der Waals surface area contributed by atoms with Gasteiger partial charge in [-0.2, -0.15) is 0 Å². The molecule has 1 aromatic heterocycles. The maximum Gasteiger partial charge on any atom is 0.286 e. The SMILES string of the molecule is O=C(NCCCOC1CCNCC1)c1ccco1. The number of rotatable bonds is 6. The van der Waals surface area contributed by atoms with Crippen molar-refractivity contribution < 1.29 is 13.9 Å². The van der Waals surface area contributed by atoms with E-state index in [4.69, 9.17) is 9.15 Å². The van der Waals surface area contributed by atoms with Gasteiger partial charge in [-0.1, -0.05) is 0 Å². The molecule has 0 bridgehead atoms. The summed E-state index contributed by atoms with van der Waals surface area (Å²) < 4.78 is 10.7. The Balaban J connectivity index is 1.52. The minimum atomic E-state index is -0.165. The zero-order valence-corrected chi connectivity index (χ0v) is 10.5. The topological polar surface area (TPSA) is 63.5 Å². The molecule has 1 aromatic rings. The van der Waals surface area contributed by atoms with Crippen LogP contribution in [0.1, 0.15) is 29.8 Å². The average molecular weight is 252 g/mol. The van der Waals surface area contributed by atoms with E-state index in [2.05, 4.69) is 10.6 Å². The molecule has 5 heteroatoms. The van der Waals surface area contributed by atoms with Crippen molar-refractivity contribution in [2.24, 2.45) is 0 Å². The van der Waals surface area contributed by atoms with Crippen LogP contribution in [0.3, 0.4) is 0 Å². The molecule has 1 amide bonds. The van der Waals surface area contributed by atoms with Gasteiger partial charge in [-0.15, -0.1) is 0 Å². The lowest BCUT2D eigenvalue weighted by Crippen LogP contribution is -2.33. The van der Waals surface area contributed by atoms with Crippen LogP contribution in [0, 0.1) is 0 Å². The van der Waals surface area contributed by atoms with Gasteiger partial charge in [0.05, 0.1) is 12.4 Å². The van der Waals surface area contributed by atoms with Gasteiger partial charge in [0.15, 0.2) is 5.76 Å². The number of piperidine rings is 1. The first-order chi connectivity index (χ1) is 8.86. The van der Waals surface area contributed by atoms with Crippen molar-refractivity contribution in [2.75, 3.05) is 26.2 Å². The molecule has 1 saturated heterocycles. The summed E-state index contributed by atoms with van der Waals surface area (Å²) in [5.41, 5.74) is 0. The second kappa shape index (κ2) is 7.18. The Morgan fingerprint density at radius 1 is 1.50 bits per heavy atom. The molecule has 2 heterocycles. The first-order valence-electron chi connectivity index (χ1n) is 6.50. The van der Waals surface area contributed by atoms with Crippen LogP contribution >= 0.6 is 0 Å². The first-order valence-corrected chi connectivity index (χ1v) is 6.50. The number of amides is 1. The van der Waals surface area contributed by atoms with Crippen molar-refractivity contribution in [3.63, 3.8) is 0 Å². The van der Waals surface area contributed by atoms with Gasteiger partial charge in [0.2, 0.25) is 0 Å². The van der Waals surface area contributed by atoms with E-state index in [9.17, 15) is 4.79 Å². The highest BCUT2D eigenvalue weighted by atomic mass is 16.5. The summed E-state index contributed by atoms with van der Waals surface area (Å²) in [6.45, 7) is 3.40. The highest BCUT2D eigenvalue weighted by Crippen LogP contribution is 2.07. The average Bonchev–Trinajstić information content (AvgIpc) is 2.93. The fourth-order valence-electron chi connectivity index (χ4n) is 1.98. The van der Waals surface area contributed by atoms with E-state index in [1.807, 2.05) is 0 Å². The van der Waals surface area contributed by atoms with Gasteiger partial charge in [0, 0.05) is 13.2 Å². The zero-order chi connectivity index (χ0) is 12.6. The van der Waals surface area contributed by atoms with Crippen molar-refractivity contribution in [3.8, 4) is 0 Å². The van der Waals surface area contributed by atoms with Crippen LogP contribution in [-0.2, 0) is 4.74 Å². The van der Waals surface area contributed by atoms with Crippen LogP contribution in [0.4, 0.5) is 0 Å². The van der Waals surface area contributed by atoms with Crippen LogP contribution < -0.4 is 10.6 Å². The lowest BCUT2D eigenvalue weighted by atomic mass is 10.1. The lowest BCUT2D eigenvalue weighted by molar-refractivity contribution is 0.0317. The number of nitrogens with one attached hydrogen (secondary N) is 2. The summed E-state index contributed by atoms with van der Waals surface area (Å²) in [5, 5.41) is 6.10. The van der Waals surface area contributed by atoms with Crippen molar-refractivity contribution in [2.45, 2.75) is 25.4 Å². The Hall–Kier alpha value is -1.33. The minimum Gasteiger partial charge on any atom is -0.459 e. The van der Waals surface area contributed by atoms with Gasteiger partial charge < -0.3 is 19.8 Å². The third-order valence-corrected chi connectivity index (χ3v) is 2.99. The highest BCUT2D eigenvalue weighted by molar-refractivity contribution is 5.91. The van der Waals surface area contributed by atoms with Crippen LogP contribution in [0.5, 0.6) is 0 Å². The van der Waals surface area contributed by atoms with Crippen LogP contribution in [0.15, 0.2) is 22.8 Å². The second-order valence-corrected chi connectivity index (χ2v) is 4.41. The molecule has 0 aromatic carbocycles. The van der Waals surface area contributed by atoms with Crippen LogP contribution in [0.25, 0.3) is 0 Å². The van der Waals surface area contributed by atoms with Crippen LogP contribution in [0.2, 0.25) is 0 Å². The van der Waals surface area contributed by atoms with E-state index in [-0.39, 0.29) is 5.91 Å². The molecule has 100 valence electrons. The maximum absolute atomic E-state index is 11.5. The Morgan fingerprint density at radius 2 is 2.33 bits per heavy atom. The fourth-order valence-corrected chi connectivity index (χ4v) is 1.98. The van der Waals surface area contributed by atoms with Crippen molar-refractivity contribution >= 4 is 5.91 Å². The first kappa shape index (κ1) is 13.1. The van der Waals surface area contributed by atoms with E-state index in [0.717, 1.165) is 32.4 Å². The maximum atomic E-state index is 11.5. The number of hydrogen-bond donors (Lipinski definition) is 2. The molecular weight excluding hydrogens is 232 g/mol. The standard InChI is InChI=1S/C13H20N2O3/c16-13(12-3-1-9-18-12)15-6-2-10-17-11-4-7-14-8-5-11/h1,3,9,11,14H,2,4-8,10H2,(H,15,16). The molecule has 1 aliphatic heterocycles. The summed E-state index contributed by atoms with van der Waals surface area (Å²) in [5.74, 6) is 0.191. The predicted octanol–water partition coefficient (Wildman–Crippen LogP) is 1.17. The Labute approximate surface area is 107 Å². The summed E-state index contributed by atoms with van der Waals surface area (Å²) in [7, 11) is 0. The molecule has 0 unspecified atom stereocenters. The van der Waals surface area contributed by atoms with Crippen molar-refractivity contribution in [3.05, 3.63) is 24.2 Å². The summed E-state index contributed by atoms with van der Waals surface area (Å²) >= 11 is 0. The number of ether oxygens (including phenoxy) is 1. The Bertz CT molecular complexity index is 345. The third-order valence-electron chi connectivity index (χ3n) is 2.99. The molecule has 0 atom stereocenters. The second-order valence-electron chi connectivity index (χ2n) is 4.41. The molecular formula is C13H20N2O3. The Kier molecular flexibility index (Phi) is 5.23. The molecule has 5 nitrogen and oxygen atoms in total. The molecule has 0 radical (unpaired) electrons. The number of furan rings is 1. The molecule has 2 N–H and O–H groups in total. The van der Waals surface area contributed by atoms with Gasteiger partial charge in [0.1, 0.15) is 0 Å². The van der Waals surface area contributed by atoms with Gasteiger partial charge in [-0.3, -0.25) is 4.79 Å². The summed E-state index contributed by atoms with van der Waals surface area (Å²) in [4.78, 5) is 11.5. The number of carbonyl (C=O) groups excluding carboxylic acids is 1. The normalized spacial score (nSPS) is 16.7. The molecule has 0 saturated carbocycles. The minimum absolute atomic E-state index is 0.165. The molecule has 0 aliphatic carbocycles. The smallest absolute Gasteiger partial charge is 0.286 e. The van der Waals surface area contributed by atoms with Crippen molar-refractivity contribution in [1.29, 1.82) is 0 Å². The molecule has 2 rings (SSSR count). The van der Waals surface area contributed by atoms with E-state index >= 15 is 0 Å². The fraction of sp³-hybridized carbons (Fsp3) is 0.615. The molecule has 1 fully saturated rings. The largest absolute Gasteiger partial charge is 0.459 e. The van der Waals surface area contributed by atoms with Gasteiger partial charge in [-0.25, -0.2) is 0 Å². The monoisotopic (exact) mass is 252 g/mol.